The zero-order valence-electron chi connectivity index (χ0n) is 25.8. The summed E-state index contributed by atoms with van der Waals surface area (Å²) in [7, 11) is 0. The van der Waals surface area contributed by atoms with Crippen molar-refractivity contribution in [3.05, 3.63) is 101 Å². The minimum Gasteiger partial charge on any atom is -0.315 e. The van der Waals surface area contributed by atoms with E-state index in [1.54, 1.807) is 11.1 Å². The fourth-order valence-electron chi connectivity index (χ4n) is 7.96. The maximum atomic E-state index is 2.59. The molecule has 1 aromatic carbocycles. The van der Waals surface area contributed by atoms with Crippen LogP contribution in [0.4, 0.5) is 5.69 Å². The molecule has 3 atom stereocenters. The molecule has 1 heteroatoms. The van der Waals surface area contributed by atoms with E-state index in [4.69, 9.17) is 0 Å². The third-order valence-electron chi connectivity index (χ3n) is 10.2. The first kappa shape index (κ1) is 29.0. The summed E-state index contributed by atoms with van der Waals surface area (Å²) in [6.45, 7) is 9.20. The van der Waals surface area contributed by atoms with Gasteiger partial charge in [0.05, 0.1) is 0 Å². The van der Waals surface area contributed by atoms with Crippen LogP contribution in [0.5, 0.6) is 0 Å². The number of rotatable bonds is 13. The van der Waals surface area contributed by atoms with Crippen LogP contribution in [0, 0.1) is 30.1 Å². The van der Waals surface area contributed by atoms with Gasteiger partial charge in [-0.2, -0.15) is 0 Å². The molecule has 0 N–H and O–H groups in total. The van der Waals surface area contributed by atoms with E-state index in [2.05, 4.69) is 105 Å². The number of hydrogen-bond acceptors (Lipinski definition) is 1. The molecule has 4 aliphatic carbocycles. The van der Waals surface area contributed by atoms with Crippen molar-refractivity contribution in [1.82, 2.24) is 0 Å². The molecule has 0 saturated heterocycles. The summed E-state index contributed by atoms with van der Waals surface area (Å²) < 4.78 is 0. The van der Waals surface area contributed by atoms with Crippen LogP contribution in [0.1, 0.15) is 110 Å². The fraction of sp³-hybridized carbons (Fsp3) is 0.538. The zero-order chi connectivity index (χ0) is 28.0. The lowest BCUT2D eigenvalue weighted by molar-refractivity contribution is 0.211. The van der Waals surface area contributed by atoms with E-state index >= 15 is 0 Å². The summed E-state index contributed by atoms with van der Waals surface area (Å²) in [5.74, 6) is 1.85. The largest absolute Gasteiger partial charge is 0.315 e. The maximum absolute atomic E-state index is 2.59. The minimum atomic E-state index is 0.312. The molecule has 0 spiro atoms. The van der Waals surface area contributed by atoms with Gasteiger partial charge in [0.15, 0.2) is 0 Å². The Labute approximate surface area is 245 Å². The van der Waals surface area contributed by atoms with Gasteiger partial charge in [-0.1, -0.05) is 137 Å². The molecule has 1 saturated carbocycles. The van der Waals surface area contributed by atoms with Gasteiger partial charge in [0, 0.05) is 23.0 Å². The quantitative estimate of drug-likeness (QED) is 0.227. The molecule has 1 nitrogen and oxygen atoms in total. The smallest absolute Gasteiger partial charge is 0.0458 e. The highest BCUT2D eigenvalue weighted by atomic mass is 15.2. The van der Waals surface area contributed by atoms with Crippen LogP contribution in [0.3, 0.4) is 0 Å². The average molecular weight is 536 g/mol. The maximum Gasteiger partial charge on any atom is 0.0458 e. The SMILES string of the molecule is CCCCCCC1(CCCCCC)C2=CC=CC[C@H]2C2=CC=C(N(C3=CCC(C)C=C3)c3ccc(C)cc3)CC21. The summed E-state index contributed by atoms with van der Waals surface area (Å²) in [6, 6.07) is 9.20. The Morgan fingerprint density at radius 1 is 0.850 bits per heavy atom. The van der Waals surface area contributed by atoms with Crippen molar-refractivity contribution in [2.75, 3.05) is 4.90 Å². The van der Waals surface area contributed by atoms with Crippen molar-refractivity contribution in [2.24, 2.45) is 23.2 Å². The number of anilines is 1. The van der Waals surface area contributed by atoms with Crippen molar-refractivity contribution >= 4 is 5.69 Å². The second-order valence-corrected chi connectivity index (χ2v) is 13.1. The Bertz CT molecular complexity index is 1170. The van der Waals surface area contributed by atoms with Gasteiger partial charge in [0.1, 0.15) is 0 Å². The van der Waals surface area contributed by atoms with Gasteiger partial charge in [-0.25, -0.2) is 0 Å². The lowest BCUT2D eigenvalue weighted by Crippen LogP contribution is -2.33. The topological polar surface area (TPSA) is 3.24 Å². The Morgan fingerprint density at radius 2 is 1.57 bits per heavy atom. The Hall–Kier alpha value is -2.54. The van der Waals surface area contributed by atoms with Crippen LogP contribution in [-0.4, -0.2) is 0 Å². The lowest BCUT2D eigenvalue weighted by atomic mass is 9.65. The molecular weight excluding hydrogens is 482 g/mol. The zero-order valence-corrected chi connectivity index (χ0v) is 25.8. The van der Waals surface area contributed by atoms with Gasteiger partial charge >= 0.3 is 0 Å². The van der Waals surface area contributed by atoms with Crippen LogP contribution >= 0.6 is 0 Å². The van der Waals surface area contributed by atoms with E-state index < -0.39 is 0 Å². The third-order valence-corrected chi connectivity index (χ3v) is 10.2. The number of benzene rings is 1. The van der Waals surface area contributed by atoms with Crippen molar-refractivity contribution in [2.45, 2.75) is 111 Å². The highest BCUT2D eigenvalue weighted by Gasteiger charge is 2.53. The van der Waals surface area contributed by atoms with E-state index in [-0.39, 0.29) is 0 Å². The van der Waals surface area contributed by atoms with Crippen molar-refractivity contribution in [3.8, 4) is 0 Å². The van der Waals surface area contributed by atoms with Gasteiger partial charge in [-0.05, 0) is 80.6 Å². The van der Waals surface area contributed by atoms with E-state index in [0.29, 0.717) is 23.2 Å². The molecule has 0 bridgehead atoms. The second kappa shape index (κ2) is 13.4. The predicted molar refractivity (Wildman–Crippen MR) is 174 cm³/mol. The Balaban J connectivity index is 1.52. The summed E-state index contributed by atoms with van der Waals surface area (Å²) >= 11 is 0. The molecule has 40 heavy (non-hydrogen) atoms. The molecule has 0 radical (unpaired) electrons. The molecule has 4 aliphatic rings. The minimum absolute atomic E-state index is 0.312. The molecule has 0 amide bonds. The fourth-order valence-corrected chi connectivity index (χ4v) is 7.96. The predicted octanol–water partition coefficient (Wildman–Crippen LogP) is 11.6. The van der Waals surface area contributed by atoms with Gasteiger partial charge in [0.2, 0.25) is 0 Å². The number of aryl methyl sites for hydroxylation is 1. The van der Waals surface area contributed by atoms with Gasteiger partial charge < -0.3 is 4.90 Å². The number of unbranched alkanes of at least 4 members (excludes halogenated alkanes) is 6. The first-order chi connectivity index (χ1) is 19.6. The summed E-state index contributed by atoms with van der Waals surface area (Å²) in [4.78, 5) is 2.59. The Morgan fingerprint density at radius 3 is 2.23 bits per heavy atom. The van der Waals surface area contributed by atoms with Crippen LogP contribution < -0.4 is 4.90 Å². The molecule has 0 aromatic heterocycles. The van der Waals surface area contributed by atoms with E-state index in [1.165, 1.54) is 93.3 Å². The summed E-state index contributed by atoms with van der Waals surface area (Å²) in [5, 5.41) is 0. The molecule has 0 aliphatic heterocycles. The number of fused-ring (bicyclic) bond motifs is 3. The van der Waals surface area contributed by atoms with Crippen molar-refractivity contribution in [1.29, 1.82) is 0 Å². The molecule has 2 unspecified atom stereocenters. The molecule has 214 valence electrons. The van der Waals surface area contributed by atoms with E-state index in [0.717, 1.165) is 12.8 Å². The molecule has 5 rings (SSSR count). The first-order valence-corrected chi connectivity index (χ1v) is 16.6. The second-order valence-electron chi connectivity index (χ2n) is 13.1. The molecular formula is C39H53N. The van der Waals surface area contributed by atoms with Gasteiger partial charge in [0.25, 0.3) is 0 Å². The van der Waals surface area contributed by atoms with Crippen LogP contribution in [0.25, 0.3) is 0 Å². The van der Waals surface area contributed by atoms with Crippen LogP contribution in [-0.2, 0) is 0 Å². The number of hydrogen-bond donors (Lipinski definition) is 0. The Kier molecular flexibility index (Phi) is 9.72. The number of allylic oxidation sites excluding steroid dienone is 11. The van der Waals surface area contributed by atoms with E-state index in [1.807, 2.05) is 0 Å². The lowest BCUT2D eigenvalue weighted by Gasteiger charge is -2.41. The number of nitrogens with zero attached hydrogens (tertiary/aromatic N) is 1. The summed E-state index contributed by atoms with van der Waals surface area (Å²) in [6.07, 6.45) is 36.7. The third kappa shape index (κ3) is 6.05. The standard InChI is InChI=1S/C39H53N/c1-5-7-9-13-27-39(28-14-10-8-6-2)37-16-12-11-15-35(37)36-26-25-34(29-38(36)39)40(32-21-17-30(3)18-22-32)33-23-19-31(4)20-24-33/h11-12,16-19,21-26,31,35,38H,5-10,13-15,20,27-29H2,1-4H3/t31?,35-,38?/m0/s1. The summed E-state index contributed by atoms with van der Waals surface area (Å²) in [5.41, 5.74) is 9.26. The van der Waals surface area contributed by atoms with Gasteiger partial charge in [-0.3, -0.25) is 0 Å². The van der Waals surface area contributed by atoms with Gasteiger partial charge in [-0.15, -0.1) is 0 Å². The molecule has 0 heterocycles. The molecule has 1 fully saturated rings. The monoisotopic (exact) mass is 535 g/mol. The highest BCUT2D eigenvalue weighted by molar-refractivity contribution is 5.63. The molecule has 1 aromatic rings. The normalized spacial score (nSPS) is 24.6. The van der Waals surface area contributed by atoms with Crippen LogP contribution in [0.2, 0.25) is 0 Å². The van der Waals surface area contributed by atoms with Crippen LogP contribution in [0.15, 0.2) is 95.4 Å². The average Bonchev–Trinajstić information content (AvgIpc) is 3.25. The first-order valence-electron chi connectivity index (χ1n) is 16.6. The van der Waals surface area contributed by atoms with Crippen molar-refractivity contribution in [3.63, 3.8) is 0 Å². The van der Waals surface area contributed by atoms with E-state index in [9.17, 15) is 0 Å². The van der Waals surface area contributed by atoms with Crippen molar-refractivity contribution < 1.29 is 0 Å². The highest BCUT2D eigenvalue weighted by Crippen LogP contribution is 2.63.